The van der Waals surface area contributed by atoms with Gasteiger partial charge in [0.05, 0.1) is 0 Å². The summed E-state index contributed by atoms with van der Waals surface area (Å²) in [6, 6.07) is 5.33. The van der Waals surface area contributed by atoms with E-state index in [2.05, 4.69) is 5.32 Å². The van der Waals surface area contributed by atoms with Crippen molar-refractivity contribution in [2.45, 2.75) is 6.18 Å². The molecule has 0 aliphatic carbocycles. The Hall–Kier alpha value is -1.96. The third-order valence-corrected chi connectivity index (χ3v) is 1.93. The zero-order chi connectivity index (χ0) is 14.3. The van der Waals surface area contributed by atoms with E-state index in [0.717, 1.165) is 0 Å². The maximum Gasteiger partial charge on any atom is 0.405 e. The van der Waals surface area contributed by atoms with Crippen LogP contribution in [0.25, 0.3) is 0 Å². The molecule has 1 rings (SSSR count). The normalized spacial score (nSPS) is 10.9. The summed E-state index contributed by atoms with van der Waals surface area (Å²) in [7, 11) is 0. The van der Waals surface area contributed by atoms with Gasteiger partial charge in [-0.3, -0.25) is 0 Å². The highest BCUT2D eigenvalue weighted by molar-refractivity contribution is 5.89. The molecule has 0 fully saturated rings. The Morgan fingerprint density at radius 2 is 2.11 bits per heavy atom. The Morgan fingerprint density at radius 1 is 1.37 bits per heavy atom. The number of hydrogen-bond donors (Lipinski definition) is 3. The predicted octanol–water partition coefficient (Wildman–Crippen LogP) is 1.71. The number of alkyl halides is 3. The highest BCUT2D eigenvalue weighted by atomic mass is 19.4. The summed E-state index contributed by atoms with van der Waals surface area (Å²) in [4.78, 5) is 11.2. The zero-order valence-electron chi connectivity index (χ0n) is 9.96. The maximum atomic E-state index is 11.9. The number of urea groups is 1. The highest BCUT2D eigenvalue weighted by Crippen LogP contribution is 2.17. The average Bonchev–Trinajstić information content (AvgIpc) is 2.33. The number of nitrogens with one attached hydrogen (secondary N) is 2. The van der Waals surface area contributed by atoms with Crippen LogP contribution in [0.15, 0.2) is 24.3 Å². The minimum Gasteiger partial charge on any atom is -0.492 e. The van der Waals surface area contributed by atoms with E-state index in [9.17, 15) is 18.0 Å². The Kier molecular flexibility index (Phi) is 5.43. The van der Waals surface area contributed by atoms with Gasteiger partial charge < -0.3 is 21.1 Å². The van der Waals surface area contributed by atoms with Crippen molar-refractivity contribution < 1.29 is 22.7 Å². The smallest absolute Gasteiger partial charge is 0.405 e. The Morgan fingerprint density at radius 3 is 2.74 bits per heavy atom. The second-order valence-corrected chi connectivity index (χ2v) is 3.59. The Labute approximate surface area is 107 Å². The van der Waals surface area contributed by atoms with Crippen LogP contribution >= 0.6 is 0 Å². The van der Waals surface area contributed by atoms with Gasteiger partial charge in [0.15, 0.2) is 0 Å². The molecular weight excluding hydrogens is 263 g/mol. The van der Waals surface area contributed by atoms with Crippen molar-refractivity contribution in [3.63, 3.8) is 0 Å². The van der Waals surface area contributed by atoms with Crippen LogP contribution in [0.4, 0.5) is 23.7 Å². The number of carbonyl (C=O) groups excluding carboxylic acids is 1. The summed E-state index contributed by atoms with van der Waals surface area (Å²) in [5, 5.41) is 3.97. The number of carbonyl (C=O) groups is 1. The number of anilines is 1. The molecule has 0 saturated heterocycles. The molecule has 106 valence electrons. The van der Waals surface area contributed by atoms with Gasteiger partial charge >= 0.3 is 12.2 Å². The fourth-order valence-electron chi connectivity index (χ4n) is 1.20. The number of amides is 2. The van der Waals surface area contributed by atoms with Crippen molar-refractivity contribution in [2.24, 2.45) is 5.73 Å². The SMILES string of the molecule is NCCOc1cccc(NC(=O)NCC(F)(F)F)c1. The van der Waals surface area contributed by atoms with Gasteiger partial charge in [-0.2, -0.15) is 13.2 Å². The Balaban J connectivity index is 2.49. The van der Waals surface area contributed by atoms with Gasteiger partial charge in [0.2, 0.25) is 0 Å². The van der Waals surface area contributed by atoms with Crippen LogP contribution < -0.4 is 21.1 Å². The van der Waals surface area contributed by atoms with E-state index in [1.54, 1.807) is 17.4 Å². The first-order valence-electron chi connectivity index (χ1n) is 5.45. The molecule has 0 unspecified atom stereocenters. The van der Waals surface area contributed by atoms with Gasteiger partial charge in [-0.25, -0.2) is 4.79 Å². The van der Waals surface area contributed by atoms with Crippen LogP contribution in [-0.4, -0.2) is 31.9 Å². The van der Waals surface area contributed by atoms with E-state index in [4.69, 9.17) is 10.5 Å². The van der Waals surface area contributed by atoms with Crippen LogP contribution in [0.5, 0.6) is 5.75 Å². The second-order valence-electron chi connectivity index (χ2n) is 3.59. The molecule has 0 radical (unpaired) electrons. The van der Waals surface area contributed by atoms with Crippen LogP contribution in [0, 0.1) is 0 Å². The van der Waals surface area contributed by atoms with Crippen LogP contribution in [0.1, 0.15) is 0 Å². The molecule has 1 aromatic rings. The number of halogens is 3. The number of rotatable bonds is 5. The fraction of sp³-hybridized carbons (Fsp3) is 0.364. The summed E-state index contributed by atoms with van der Waals surface area (Å²) in [6.45, 7) is -0.740. The van der Waals surface area contributed by atoms with Gasteiger partial charge in [0.1, 0.15) is 18.9 Å². The number of ether oxygens (including phenoxy) is 1. The Bertz CT molecular complexity index is 424. The predicted molar refractivity (Wildman–Crippen MR) is 64.1 cm³/mol. The number of benzene rings is 1. The molecule has 1 aromatic carbocycles. The molecule has 0 spiro atoms. The molecule has 19 heavy (non-hydrogen) atoms. The summed E-state index contributed by atoms with van der Waals surface area (Å²) in [5.74, 6) is 0.471. The molecule has 4 N–H and O–H groups in total. The lowest BCUT2D eigenvalue weighted by atomic mass is 10.3. The lowest BCUT2D eigenvalue weighted by Gasteiger charge is -2.11. The number of hydrogen-bond acceptors (Lipinski definition) is 3. The summed E-state index contributed by atoms with van der Waals surface area (Å²) >= 11 is 0. The van der Waals surface area contributed by atoms with Crippen LogP contribution in [0.3, 0.4) is 0 Å². The second kappa shape index (κ2) is 6.83. The van der Waals surface area contributed by atoms with E-state index in [1.807, 2.05) is 0 Å². The number of nitrogens with two attached hydrogens (primary N) is 1. The van der Waals surface area contributed by atoms with Gasteiger partial charge in [-0.1, -0.05) is 6.07 Å². The first kappa shape index (κ1) is 15.1. The van der Waals surface area contributed by atoms with E-state index in [-0.39, 0.29) is 0 Å². The molecule has 5 nitrogen and oxygen atoms in total. The molecule has 0 aliphatic rings. The van der Waals surface area contributed by atoms with Crippen molar-refractivity contribution in [1.29, 1.82) is 0 Å². The fourth-order valence-corrected chi connectivity index (χ4v) is 1.20. The van der Waals surface area contributed by atoms with Crippen LogP contribution in [0.2, 0.25) is 0 Å². The van der Waals surface area contributed by atoms with Gasteiger partial charge in [0.25, 0.3) is 0 Å². The van der Waals surface area contributed by atoms with Crippen molar-refractivity contribution in [3.8, 4) is 5.75 Å². The molecule has 2 amide bonds. The quantitative estimate of drug-likeness (QED) is 0.766. The largest absolute Gasteiger partial charge is 0.492 e. The standard InChI is InChI=1S/C11H14F3N3O2/c12-11(13,14)7-16-10(18)17-8-2-1-3-9(6-8)19-5-4-15/h1-3,6H,4-5,7,15H2,(H2,16,17,18). The van der Waals surface area contributed by atoms with Crippen molar-refractivity contribution >= 4 is 11.7 Å². The highest BCUT2D eigenvalue weighted by Gasteiger charge is 2.27. The van der Waals surface area contributed by atoms with Gasteiger partial charge in [-0.15, -0.1) is 0 Å². The lowest BCUT2D eigenvalue weighted by Crippen LogP contribution is -2.36. The molecular formula is C11H14F3N3O2. The molecule has 8 heteroatoms. The van der Waals surface area contributed by atoms with E-state index in [0.29, 0.717) is 24.6 Å². The third-order valence-electron chi connectivity index (χ3n) is 1.93. The average molecular weight is 277 g/mol. The van der Waals surface area contributed by atoms with E-state index in [1.165, 1.54) is 12.1 Å². The third kappa shape index (κ3) is 6.51. The van der Waals surface area contributed by atoms with Crippen molar-refractivity contribution in [2.75, 3.05) is 25.0 Å². The minimum absolute atomic E-state index is 0.309. The maximum absolute atomic E-state index is 11.9. The topological polar surface area (TPSA) is 76.4 Å². The van der Waals surface area contributed by atoms with Crippen molar-refractivity contribution in [3.05, 3.63) is 24.3 Å². The molecule has 0 aliphatic heterocycles. The molecule has 0 saturated carbocycles. The van der Waals surface area contributed by atoms with Gasteiger partial charge in [0, 0.05) is 18.3 Å². The summed E-state index contributed by atoms with van der Waals surface area (Å²) in [6.07, 6.45) is -4.44. The monoisotopic (exact) mass is 277 g/mol. The summed E-state index contributed by atoms with van der Waals surface area (Å²) < 4.78 is 40.9. The first-order valence-corrected chi connectivity index (χ1v) is 5.45. The van der Waals surface area contributed by atoms with Gasteiger partial charge in [-0.05, 0) is 12.1 Å². The van der Waals surface area contributed by atoms with E-state index < -0.39 is 18.8 Å². The summed E-state index contributed by atoms with van der Waals surface area (Å²) in [5.41, 5.74) is 5.59. The lowest BCUT2D eigenvalue weighted by molar-refractivity contribution is -0.122. The first-order chi connectivity index (χ1) is 8.90. The minimum atomic E-state index is -4.44. The van der Waals surface area contributed by atoms with E-state index >= 15 is 0 Å². The molecule has 0 bridgehead atoms. The molecule has 0 aromatic heterocycles. The molecule has 0 heterocycles. The van der Waals surface area contributed by atoms with Crippen LogP contribution in [-0.2, 0) is 0 Å². The van der Waals surface area contributed by atoms with Crippen molar-refractivity contribution in [1.82, 2.24) is 5.32 Å². The molecule has 0 atom stereocenters. The zero-order valence-corrected chi connectivity index (χ0v) is 9.96.